The minimum absolute atomic E-state index is 0.0490. The van der Waals surface area contributed by atoms with Crippen molar-refractivity contribution in [3.8, 4) is 0 Å². The van der Waals surface area contributed by atoms with Crippen LogP contribution in [0.15, 0.2) is 12.2 Å². The predicted molar refractivity (Wildman–Crippen MR) is 39.6 cm³/mol. The summed E-state index contributed by atoms with van der Waals surface area (Å²) in [5, 5.41) is 0. The summed E-state index contributed by atoms with van der Waals surface area (Å²) in [6, 6.07) is 0. The van der Waals surface area contributed by atoms with E-state index < -0.39 is 0 Å². The van der Waals surface area contributed by atoms with Gasteiger partial charge in [-0.2, -0.15) is 0 Å². The van der Waals surface area contributed by atoms with Gasteiger partial charge in [-0.1, -0.05) is 0 Å². The van der Waals surface area contributed by atoms with Gasteiger partial charge in [-0.3, -0.25) is 0 Å². The Morgan fingerprint density at radius 1 is 1.70 bits per heavy atom. The molecule has 0 fully saturated rings. The van der Waals surface area contributed by atoms with E-state index in [1.54, 1.807) is 6.08 Å². The van der Waals surface area contributed by atoms with Crippen molar-refractivity contribution in [3.63, 3.8) is 0 Å². The number of hydrogen-bond acceptors (Lipinski definition) is 1. The first-order chi connectivity index (χ1) is 4.66. The van der Waals surface area contributed by atoms with E-state index in [0.29, 0.717) is 10.8 Å². The molecule has 0 saturated carbocycles. The molecular weight excluding hydrogens is 242 g/mol. The zero-order valence-corrected chi connectivity index (χ0v) is 8.35. The topological polar surface area (TPSA) is 17.1 Å². The molecule has 0 rings (SSSR count). The van der Waals surface area contributed by atoms with E-state index in [1.165, 1.54) is 0 Å². The van der Waals surface area contributed by atoms with Gasteiger partial charge in [0.15, 0.2) is 0 Å². The van der Waals surface area contributed by atoms with Gasteiger partial charge in [-0.25, -0.2) is 0 Å². The third kappa shape index (κ3) is 6.48. The summed E-state index contributed by atoms with van der Waals surface area (Å²) in [5.41, 5.74) is 0. The molecule has 0 N–H and O–H groups in total. The Bertz CT molecular complexity index is 132. The minimum atomic E-state index is 0.0490. The molecule has 0 aliphatic heterocycles. The first kappa shape index (κ1) is 10.4. The van der Waals surface area contributed by atoms with Crippen molar-refractivity contribution in [1.82, 2.24) is 0 Å². The fourth-order valence-corrected chi connectivity index (χ4v) is 1.26. The van der Waals surface area contributed by atoms with Crippen LogP contribution in [0.3, 0.4) is 0 Å². The van der Waals surface area contributed by atoms with E-state index >= 15 is 0 Å². The molecular formula is C7H11ClOPd. The molecule has 0 aromatic carbocycles. The summed E-state index contributed by atoms with van der Waals surface area (Å²) in [4.78, 5) is 11.3. The fourth-order valence-electron chi connectivity index (χ4n) is 0.379. The Balaban J connectivity index is 3.56. The molecule has 10 heavy (non-hydrogen) atoms. The van der Waals surface area contributed by atoms with Crippen LogP contribution in [0.5, 0.6) is 0 Å². The second-order valence-corrected chi connectivity index (χ2v) is 4.23. The first-order valence-corrected chi connectivity index (χ1v) is 6.11. The number of halogens is 1. The number of ketones is 1. The quantitative estimate of drug-likeness (QED) is 0.555. The van der Waals surface area contributed by atoms with Crippen molar-refractivity contribution >= 4 is 15.3 Å². The van der Waals surface area contributed by atoms with Crippen LogP contribution in [-0.4, -0.2) is 5.78 Å². The molecule has 0 amide bonds. The van der Waals surface area contributed by atoms with E-state index in [9.17, 15) is 4.79 Å². The van der Waals surface area contributed by atoms with Crippen LogP contribution < -0.4 is 0 Å². The zero-order valence-electron chi connectivity index (χ0n) is 6.04. The number of allylic oxidation sites excluding steroid dienone is 2. The Morgan fingerprint density at radius 3 is 2.70 bits per heavy atom. The summed E-state index contributed by atoms with van der Waals surface area (Å²) in [6.07, 6.45) is 3.51. The molecule has 0 aromatic rings. The Morgan fingerprint density at radius 2 is 2.30 bits per heavy atom. The van der Waals surface area contributed by atoms with E-state index in [4.69, 9.17) is 9.53 Å². The van der Waals surface area contributed by atoms with Gasteiger partial charge in [0.2, 0.25) is 0 Å². The Hall–Kier alpha value is 0.362. The Labute approximate surface area is 74.0 Å². The summed E-state index contributed by atoms with van der Waals surface area (Å²) in [7, 11) is 5.41. The number of carbonyl (C=O) groups is 1. The van der Waals surface area contributed by atoms with Gasteiger partial charge >= 0.3 is 73.9 Å². The molecule has 0 aliphatic carbocycles. The number of carbonyl (C=O) groups excluding carboxylic acids is 1. The van der Waals surface area contributed by atoms with Gasteiger partial charge in [-0.15, -0.1) is 0 Å². The molecule has 0 atom stereocenters. The Kier molecular flexibility index (Phi) is 6.32. The molecule has 0 bridgehead atoms. The van der Waals surface area contributed by atoms with Crippen LogP contribution >= 0.6 is 9.53 Å². The average molecular weight is 253 g/mol. The van der Waals surface area contributed by atoms with Crippen molar-refractivity contribution in [2.24, 2.45) is 5.92 Å². The molecule has 0 saturated heterocycles. The van der Waals surface area contributed by atoms with Gasteiger partial charge in [0.1, 0.15) is 0 Å². The van der Waals surface area contributed by atoms with Crippen LogP contribution in [0.25, 0.3) is 0 Å². The first-order valence-electron chi connectivity index (χ1n) is 3.01. The van der Waals surface area contributed by atoms with Crippen molar-refractivity contribution in [2.75, 3.05) is 0 Å². The second kappa shape index (κ2) is 6.10. The predicted octanol–water partition coefficient (Wildman–Crippen LogP) is 2.42. The van der Waals surface area contributed by atoms with Crippen LogP contribution in [0.2, 0.25) is 4.89 Å². The van der Waals surface area contributed by atoms with Crippen LogP contribution in [-0.2, 0) is 21.8 Å². The summed E-state index contributed by atoms with van der Waals surface area (Å²) in [6.45, 7) is 4.07. The van der Waals surface area contributed by atoms with E-state index in [0.717, 1.165) is 0 Å². The molecule has 0 heterocycles. The van der Waals surface area contributed by atoms with Crippen molar-refractivity contribution in [1.29, 1.82) is 0 Å². The van der Waals surface area contributed by atoms with E-state index in [-0.39, 0.29) is 22.7 Å². The van der Waals surface area contributed by atoms with Crippen molar-refractivity contribution in [2.45, 2.75) is 18.7 Å². The normalized spacial score (nSPS) is 11.6. The van der Waals surface area contributed by atoms with Gasteiger partial charge in [0.05, 0.1) is 0 Å². The average Bonchev–Trinajstić information content (AvgIpc) is 1.85. The molecule has 0 aromatic heterocycles. The van der Waals surface area contributed by atoms with Crippen LogP contribution in [0.4, 0.5) is 0 Å². The third-order valence-corrected chi connectivity index (χ3v) is 2.07. The maximum atomic E-state index is 10.8. The summed E-state index contributed by atoms with van der Waals surface area (Å²) in [5.74, 6) is 0.586. The standard InChI is InChI=1S/C7H11O.ClH.Pd/c1-6(2)4-5-7(3)8;;/h4-6H,3H2,1-2H3;1H;/q;;+1/p-1. The molecule has 0 unspecified atom stereocenters. The number of rotatable bonds is 4. The second-order valence-electron chi connectivity index (χ2n) is 2.27. The van der Waals surface area contributed by atoms with Gasteiger partial charge in [-0.05, 0) is 0 Å². The van der Waals surface area contributed by atoms with E-state index in [1.807, 2.05) is 19.9 Å². The van der Waals surface area contributed by atoms with Crippen LogP contribution in [0, 0.1) is 5.92 Å². The molecule has 0 aliphatic rings. The monoisotopic (exact) mass is 252 g/mol. The van der Waals surface area contributed by atoms with Gasteiger partial charge < -0.3 is 0 Å². The molecule has 0 spiro atoms. The number of hydrogen-bond donors (Lipinski definition) is 0. The van der Waals surface area contributed by atoms with Crippen LogP contribution in [0.1, 0.15) is 13.8 Å². The van der Waals surface area contributed by atoms with E-state index in [2.05, 4.69) is 0 Å². The summed E-state index contributed by atoms with van der Waals surface area (Å²) < 4.78 is 0. The molecule has 0 radical (unpaired) electrons. The molecule has 1 nitrogen and oxygen atoms in total. The molecule has 62 valence electrons. The third-order valence-electron chi connectivity index (χ3n) is 0.819. The van der Waals surface area contributed by atoms with Gasteiger partial charge in [0, 0.05) is 0 Å². The molecule has 3 heteroatoms. The zero-order chi connectivity index (χ0) is 7.98. The maximum absolute atomic E-state index is 10.8. The van der Waals surface area contributed by atoms with Crippen molar-refractivity contribution < 1.29 is 21.8 Å². The summed E-state index contributed by atoms with van der Waals surface area (Å²) >= 11 is 0.0490. The van der Waals surface area contributed by atoms with Crippen molar-refractivity contribution in [3.05, 3.63) is 12.2 Å². The van der Waals surface area contributed by atoms with Gasteiger partial charge in [0.25, 0.3) is 0 Å². The SMILES string of the molecule is CC(C)C=CC(=O)[CH2][Pd][Cl]. The fraction of sp³-hybridized carbons (Fsp3) is 0.571.